The summed E-state index contributed by atoms with van der Waals surface area (Å²) in [5.41, 5.74) is -0.000638. The fourth-order valence-corrected chi connectivity index (χ4v) is 12.5. The molecule has 4 aliphatic carbocycles. The van der Waals surface area contributed by atoms with E-state index in [2.05, 4.69) is 54.6 Å². The molecule has 4 nitrogen and oxygen atoms in total. The summed E-state index contributed by atoms with van der Waals surface area (Å²) in [6.07, 6.45) is 14.8. The molecule has 0 bridgehead atoms. The molecule has 0 aromatic heterocycles. The predicted octanol–water partition coefficient (Wildman–Crippen LogP) is 8.44. The van der Waals surface area contributed by atoms with E-state index in [0.717, 1.165) is 56.0 Å². The highest BCUT2D eigenvalue weighted by Gasteiger charge is 2.63. The van der Waals surface area contributed by atoms with Crippen LogP contribution < -0.4 is 0 Å². The number of carbonyl (C=O) groups excluding carboxylic acids is 1. The van der Waals surface area contributed by atoms with Crippen molar-refractivity contribution in [2.45, 2.75) is 155 Å². The molecule has 0 aromatic carbocycles. The summed E-state index contributed by atoms with van der Waals surface area (Å²) in [7, 11) is -1.73. The van der Waals surface area contributed by atoms with E-state index in [9.17, 15) is 9.90 Å². The molecule has 1 heterocycles. The molecule has 5 aliphatic rings. The van der Waals surface area contributed by atoms with Crippen molar-refractivity contribution < 1.29 is 14.3 Å². The van der Waals surface area contributed by atoms with Crippen molar-refractivity contribution in [3.63, 3.8) is 0 Å². The second kappa shape index (κ2) is 10.6. The number of hydrogen-bond acceptors (Lipinski definition) is 3. The third-order valence-electron chi connectivity index (χ3n) is 14.5. The molecule has 0 spiro atoms. The van der Waals surface area contributed by atoms with Gasteiger partial charge in [-0.25, -0.2) is 0 Å². The Labute approximate surface area is 247 Å². The predicted molar refractivity (Wildman–Crippen MR) is 168 cm³/mol. The summed E-state index contributed by atoms with van der Waals surface area (Å²) in [5.74, 6) is 4.04. The zero-order chi connectivity index (χ0) is 29.3. The molecule has 0 aromatic rings. The molecule has 3 unspecified atom stereocenters. The van der Waals surface area contributed by atoms with Gasteiger partial charge in [-0.3, -0.25) is 4.79 Å². The molecule has 5 heteroatoms. The van der Waals surface area contributed by atoms with Crippen LogP contribution in [0.2, 0.25) is 18.1 Å². The van der Waals surface area contributed by atoms with Crippen molar-refractivity contribution >= 4 is 14.2 Å². The summed E-state index contributed by atoms with van der Waals surface area (Å²) in [6.45, 7) is 23.0. The molecule has 40 heavy (non-hydrogen) atoms. The van der Waals surface area contributed by atoms with Crippen LogP contribution in [0.4, 0.5) is 0 Å². The lowest BCUT2D eigenvalue weighted by Crippen LogP contribution is -2.58. The lowest BCUT2D eigenvalue weighted by Gasteiger charge is -2.62. The van der Waals surface area contributed by atoms with Crippen LogP contribution in [0.15, 0.2) is 0 Å². The van der Waals surface area contributed by atoms with Crippen LogP contribution in [0.5, 0.6) is 0 Å². The van der Waals surface area contributed by atoms with Crippen LogP contribution in [-0.4, -0.2) is 49.0 Å². The molecule has 1 aliphatic heterocycles. The minimum Gasteiger partial charge on any atom is -0.414 e. The summed E-state index contributed by atoms with van der Waals surface area (Å²) >= 11 is 0. The number of hydrogen-bond donors (Lipinski definition) is 1. The van der Waals surface area contributed by atoms with Gasteiger partial charge in [-0.1, -0.05) is 41.5 Å². The minimum absolute atomic E-state index is 0.208. The second-order valence-corrected chi connectivity index (χ2v) is 22.1. The van der Waals surface area contributed by atoms with Crippen molar-refractivity contribution in [2.24, 2.45) is 46.3 Å². The van der Waals surface area contributed by atoms with Gasteiger partial charge in [0.25, 0.3) is 0 Å². The third kappa shape index (κ3) is 5.08. The van der Waals surface area contributed by atoms with Crippen LogP contribution in [0.1, 0.15) is 126 Å². The standard InChI is InChI=1S/C35H63NO3Si/c1-10-31(37)36-21-11-12-25(23-36)35(7,38)30-16-15-28-27-14-13-24-22-26(39-40(8,9)32(2,3)4)17-19-33(24,5)29(27)18-20-34(28,30)6/h24-30,38H,10-23H2,1-9H3/t24?,25?,26-,27-,28-,29-,30-,33-,34-,35?/m0/s1. The van der Waals surface area contributed by atoms with Gasteiger partial charge >= 0.3 is 0 Å². The smallest absolute Gasteiger partial charge is 0.222 e. The highest BCUT2D eigenvalue weighted by Crippen LogP contribution is 2.69. The molecule has 0 radical (unpaired) electrons. The number of rotatable bonds is 5. The lowest BCUT2D eigenvalue weighted by atomic mass is 9.44. The SMILES string of the molecule is CCC(=O)N1CCCC(C(C)(O)[C@H]2CC[C@H]3[C@@H]4CCC5C[C@@H](O[Si](C)(C)C(C)(C)C)CC[C@]5(C)[C@H]4CC[C@]23C)C1. The highest BCUT2D eigenvalue weighted by atomic mass is 28.4. The highest BCUT2D eigenvalue weighted by molar-refractivity contribution is 6.74. The summed E-state index contributed by atoms with van der Waals surface area (Å²) in [5, 5.41) is 12.6. The van der Waals surface area contributed by atoms with Gasteiger partial charge in [-0.05, 0) is 136 Å². The van der Waals surface area contributed by atoms with Crippen molar-refractivity contribution in [3.8, 4) is 0 Å². The zero-order valence-corrected chi connectivity index (χ0v) is 28.7. The summed E-state index contributed by atoms with van der Waals surface area (Å²) < 4.78 is 6.98. The monoisotopic (exact) mass is 573 g/mol. The van der Waals surface area contributed by atoms with Gasteiger partial charge in [0, 0.05) is 31.5 Å². The third-order valence-corrected chi connectivity index (χ3v) is 19.0. The molecule has 5 rings (SSSR count). The van der Waals surface area contributed by atoms with Gasteiger partial charge in [0.05, 0.1) is 5.60 Å². The first-order valence-corrected chi connectivity index (χ1v) is 20.1. The van der Waals surface area contributed by atoms with Crippen LogP contribution >= 0.6 is 0 Å². The van der Waals surface area contributed by atoms with E-state index in [1.807, 2.05) is 11.8 Å². The quantitative estimate of drug-likeness (QED) is 0.336. The first-order valence-electron chi connectivity index (χ1n) is 17.2. The molecule has 4 saturated carbocycles. The Hall–Kier alpha value is -0.393. The van der Waals surface area contributed by atoms with Gasteiger partial charge in [0.15, 0.2) is 8.32 Å². The number of fused-ring (bicyclic) bond motifs is 5. The molecular weight excluding hydrogens is 510 g/mol. The van der Waals surface area contributed by atoms with E-state index in [1.54, 1.807) is 0 Å². The van der Waals surface area contributed by atoms with Crippen molar-refractivity contribution in [1.29, 1.82) is 0 Å². The van der Waals surface area contributed by atoms with E-state index < -0.39 is 13.9 Å². The largest absolute Gasteiger partial charge is 0.414 e. The van der Waals surface area contributed by atoms with E-state index in [0.29, 0.717) is 23.9 Å². The molecular formula is C35H63NO3Si. The van der Waals surface area contributed by atoms with Crippen molar-refractivity contribution in [1.82, 2.24) is 4.90 Å². The maximum atomic E-state index is 12.5. The van der Waals surface area contributed by atoms with E-state index in [-0.39, 0.29) is 22.3 Å². The zero-order valence-electron chi connectivity index (χ0n) is 27.7. The van der Waals surface area contributed by atoms with Gasteiger partial charge in [-0.15, -0.1) is 0 Å². The average Bonchev–Trinajstić information content (AvgIpc) is 3.25. The van der Waals surface area contributed by atoms with Gasteiger partial charge < -0.3 is 14.4 Å². The minimum atomic E-state index is -1.73. The Morgan fingerprint density at radius 1 is 0.950 bits per heavy atom. The Morgan fingerprint density at radius 2 is 1.62 bits per heavy atom. The normalized spacial score (nSPS) is 43.9. The fraction of sp³-hybridized carbons (Fsp3) is 0.971. The van der Waals surface area contributed by atoms with Crippen LogP contribution in [0, 0.1) is 46.3 Å². The maximum absolute atomic E-state index is 12.5. The molecule has 10 atom stereocenters. The first-order chi connectivity index (χ1) is 18.5. The van der Waals surface area contributed by atoms with E-state index in [4.69, 9.17) is 4.43 Å². The van der Waals surface area contributed by atoms with E-state index >= 15 is 0 Å². The average molecular weight is 574 g/mol. The van der Waals surface area contributed by atoms with Gasteiger partial charge in [-0.2, -0.15) is 0 Å². The van der Waals surface area contributed by atoms with Crippen molar-refractivity contribution in [3.05, 3.63) is 0 Å². The number of nitrogens with zero attached hydrogens (tertiary/aromatic N) is 1. The fourth-order valence-electron chi connectivity index (χ4n) is 11.1. The summed E-state index contributed by atoms with van der Waals surface area (Å²) in [4.78, 5) is 14.6. The number of amides is 1. The number of piperidine rings is 1. The van der Waals surface area contributed by atoms with E-state index in [1.165, 1.54) is 51.4 Å². The molecule has 1 amide bonds. The van der Waals surface area contributed by atoms with Crippen molar-refractivity contribution in [2.75, 3.05) is 13.1 Å². The molecule has 1 N–H and O–H groups in total. The summed E-state index contributed by atoms with van der Waals surface area (Å²) in [6, 6.07) is 0. The van der Waals surface area contributed by atoms with Crippen LogP contribution in [-0.2, 0) is 9.22 Å². The topological polar surface area (TPSA) is 49.8 Å². The molecule has 5 fully saturated rings. The second-order valence-electron chi connectivity index (χ2n) is 17.4. The van der Waals surface area contributed by atoms with Gasteiger partial charge in [0.2, 0.25) is 5.91 Å². The molecule has 1 saturated heterocycles. The Morgan fingerprint density at radius 3 is 2.30 bits per heavy atom. The Balaban J connectivity index is 1.29. The molecule has 230 valence electrons. The van der Waals surface area contributed by atoms with Crippen LogP contribution in [0.3, 0.4) is 0 Å². The number of likely N-dealkylation sites (tertiary alicyclic amines) is 1. The lowest BCUT2D eigenvalue weighted by molar-refractivity contribution is -0.160. The number of aliphatic hydroxyl groups is 1. The maximum Gasteiger partial charge on any atom is 0.222 e. The van der Waals surface area contributed by atoms with Gasteiger partial charge in [0.1, 0.15) is 0 Å². The Kier molecular flexibility index (Phi) is 8.26. The Bertz CT molecular complexity index is 941. The van der Waals surface area contributed by atoms with Crippen LogP contribution in [0.25, 0.3) is 0 Å². The first kappa shape index (κ1) is 31.0. The number of carbonyl (C=O) groups is 1.